The van der Waals surface area contributed by atoms with E-state index in [1.165, 1.54) is 30.3 Å². The Labute approximate surface area is 127 Å². The fraction of sp³-hybridized carbons (Fsp3) is 0.143. The number of pyridine rings is 1. The molecule has 0 fully saturated rings. The summed E-state index contributed by atoms with van der Waals surface area (Å²) in [5, 5.41) is 7.69. The smallest absolute Gasteiger partial charge is 0.255 e. The topological polar surface area (TPSA) is 122 Å². The quantitative estimate of drug-likeness (QED) is 0.777. The summed E-state index contributed by atoms with van der Waals surface area (Å²) in [5.41, 5.74) is 1.72. The van der Waals surface area contributed by atoms with E-state index in [4.69, 9.17) is 5.14 Å². The van der Waals surface area contributed by atoms with Gasteiger partial charge in [-0.25, -0.2) is 13.6 Å². The van der Waals surface area contributed by atoms with E-state index in [1.807, 2.05) is 0 Å². The van der Waals surface area contributed by atoms with Crippen molar-refractivity contribution in [3.05, 3.63) is 57.5 Å². The summed E-state index contributed by atoms with van der Waals surface area (Å²) in [6, 6.07) is 6.64. The number of H-pyrrole nitrogens is 1. The van der Waals surface area contributed by atoms with Gasteiger partial charge in [-0.15, -0.1) is 0 Å². The number of aryl methyl sites for hydroxylation is 2. The van der Waals surface area contributed by atoms with Crippen molar-refractivity contribution < 1.29 is 13.2 Å². The predicted molar refractivity (Wildman–Crippen MR) is 82.3 cm³/mol. The number of anilines is 1. The van der Waals surface area contributed by atoms with Crippen molar-refractivity contribution in [2.24, 2.45) is 5.14 Å². The minimum atomic E-state index is -3.79. The Morgan fingerprint density at radius 2 is 1.77 bits per heavy atom. The van der Waals surface area contributed by atoms with Crippen LogP contribution in [0.15, 0.2) is 40.0 Å². The molecule has 0 saturated carbocycles. The lowest BCUT2D eigenvalue weighted by Gasteiger charge is -2.11. The van der Waals surface area contributed by atoms with Gasteiger partial charge in [0.15, 0.2) is 0 Å². The lowest BCUT2D eigenvalue weighted by atomic mass is 10.1. The minimum absolute atomic E-state index is 0.0690. The molecule has 7 nitrogen and oxygen atoms in total. The summed E-state index contributed by atoms with van der Waals surface area (Å²) in [5.74, 6) is -0.417. The largest absolute Gasteiger partial charge is 0.324 e. The van der Waals surface area contributed by atoms with Crippen LogP contribution < -0.4 is 16.0 Å². The molecule has 1 aromatic heterocycles. The summed E-state index contributed by atoms with van der Waals surface area (Å²) in [4.78, 5) is 26.0. The van der Waals surface area contributed by atoms with Crippen LogP contribution in [0.1, 0.15) is 21.6 Å². The molecule has 116 valence electrons. The van der Waals surface area contributed by atoms with Crippen LogP contribution in [0.3, 0.4) is 0 Å². The number of hydrogen-bond acceptors (Lipinski definition) is 4. The predicted octanol–water partition coefficient (Wildman–Crippen LogP) is 0.891. The third-order valence-electron chi connectivity index (χ3n) is 3.11. The molecule has 1 heterocycles. The molecule has 0 aliphatic heterocycles. The summed E-state index contributed by atoms with van der Waals surface area (Å²) in [6.07, 6.45) is 0. The van der Waals surface area contributed by atoms with Gasteiger partial charge >= 0.3 is 0 Å². The van der Waals surface area contributed by atoms with Crippen LogP contribution in [-0.4, -0.2) is 19.3 Å². The SMILES string of the molecule is Cc1cc(=O)[nH]c(C)c1NC(=O)c1ccc(S(N)(=O)=O)cc1. The number of carbonyl (C=O) groups excluding carboxylic acids is 1. The van der Waals surface area contributed by atoms with E-state index in [0.717, 1.165) is 0 Å². The Balaban J connectivity index is 2.29. The number of nitrogens with two attached hydrogens (primary N) is 1. The van der Waals surface area contributed by atoms with Crippen molar-refractivity contribution in [1.29, 1.82) is 0 Å². The lowest BCUT2D eigenvalue weighted by Crippen LogP contribution is -2.18. The van der Waals surface area contributed by atoms with E-state index in [2.05, 4.69) is 10.3 Å². The zero-order valence-corrected chi connectivity index (χ0v) is 12.8. The van der Waals surface area contributed by atoms with Crippen molar-refractivity contribution in [3.8, 4) is 0 Å². The molecule has 0 spiro atoms. The van der Waals surface area contributed by atoms with Gasteiger partial charge in [-0.3, -0.25) is 9.59 Å². The molecule has 2 aromatic rings. The number of amides is 1. The van der Waals surface area contributed by atoms with Crippen LogP contribution in [0.2, 0.25) is 0 Å². The van der Waals surface area contributed by atoms with Gasteiger partial charge in [0.2, 0.25) is 15.6 Å². The van der Waals surface area contributed by atoms with E-state index in [0.29, 0.717) is 16.9 Å². The maximum Gasteiger partial charge on any atom is 0.255 e. The van der Waals surface area contributed by atoms with Crippen molar-refractivity contribution >= 4 is 21.6 Å². The second-order valence-electron chi connectivity index (χ2n) is 4.84. The van der Waals surface area contributed by atoms with Crippen molar-refractivity contribution in [2.75, 3.05) is 5.32 Å². The standard InChI is InChI=1S/C14H15N3O4S/c1-8-7-12(18)16-9(2)13(8)17-14(19)10-3-5-11(6-4-10)22(15,20)21/h3-7H,1-2H3,(H,16,18)(H,17,19)(H2,15,20,21). The zero-order valence-electron chi connectivity index (χ0n) is 12.0. The van der Waals surface area contributed by atoms with Gasteiger partial charge in [-0.1, -0.05) is 0 Å². The number of hydrogen-bond donors (Lipinski definition) is 3. The highest BCUT2D eigenvalue weighted by molar-refractivity contribution is 7.89. The van der Waals surface area contributed by atoms with E-state index in [-0.39, 0.29) is 16.0 Å². The van der Waals surface area contributed by atoms with Crippen LogP contribution in [0.5, 0.6) is 0 Å². The van der Waals surface area contributed by atoms with Gasteiger partial charge in [-0.05, 0) is 43.7 Å². The minimum Gasteiger partial charge on any atom is -0.324 e. The summed E-state index contributed by atoms with van der Waals surface area (Å²) in [7, 11) is -3.79. The summed E-state index contributed by atoms with van der Waals surface area (Å²) in [6.45, 7) is 3.38. The zero-order chi connectivity index (χ0) is 16.5. The number of nitrogens with one attached hydrogen (secondary N) is 2. The number of benzene rings is 1. The molecular formula is C14H15N3O4S. The molecule has 4 N–H and O–H groups in total. The van der Waals surface area contributed by atoms with Crippen LogP contribution in [0, 0.1) is 13.8 Å². The van der Waals surface area contributed by atoms with Gasteiger partial charge in [0.05, 0.1) is 10.6 Å². The maximum absolute atomic E-state index is 12.2. The highest BCUT2D eigenvalue weighted by atomic mass is 32.2. The molecule has 0 atom stereocenters. The second kappa shape index (κ2) is 5.74. The van der Waals surface area contributed by atoms with E-state index < -0.39 is 15.9 Å². The molecule has 8 heteroatoms. The first-order valence-electron chi connectivity index (χ1n) is 6.33. The Kier molecular flexibility index (Phi) is 4.16. The first kappa shape index (κ1) is 15.9. The fourth-order valence-electron chi connectivity index (χ4n) is 2.02. The molecular weight excluding hydrogens is 306 g/mol. The Morgan fingerprint density at radius 1 is 1.18 bits per heavy atom. The first-order chi connectivity index (χ1) is 10.2. The average molecular weight is 321 g/mol. The van der Waals surface area contributed by atoms with Gasteiger partial charge in [-0.2, -0.15) is 0 Å². The van der Waals surface area contributed by atoms with Gasteiger partial charge in [0.25, 0.3) is 5.91 Å². The van der Waals surface area contributed by atoms with Gasteiger partial charge < -0.3 is 10.3 Å². The number of primary sulfonamides is 1. The molecule has 0 saturated heterocycles. The van der Waals surface area contributed by atoms with E-state index in [1.54, 1.807) is 13.8 Å². The molecule has 0 aliphatic rings. The van der Waals surface area contributed by atoms with Crippen LogP contribution >= 0.6 is 0 Å². The third kappa shape index (κ3) is 3.41. The summed E-state index contributed by atoms with van der Waals surface area (Å²) >= 11 is 0. The normalized spacial score (nSPS) is 11.2. The fourth-order valence-corrected chi connectivity index (χ4v) is 2.54. The van der Waals surface area contributed by atoms with Crippen molar-refractivity contribution in [3.63, 3.8) is 0 Å². The lowest BCUT2D eigenvalue weighted by molar-refractivity contribution is 0.102. The van der Waals surface area contributed by atoms with Gasteiger partial charge in [0, 0.05) is 17.3 Å². The highest BCUT2D eigenvalue weighted by Gasteiger charge is 2.13. The number of aromatic nitrogens is 1. The number of aromatic amines is 1. The molecule has 0 bridgehead atoms. The van der Waals surface area contributed by atoms with Crippen molar-refractivity contribution in [1.82, 2.24) is 4.98 Å². The molecule has 1 amide bonds. The maximum atomic E-state index is 12.2. The van der Waals surface area contributed by atoms with Gasteiger partial charge in [0.1, 0.15) is 0 Å². The first-order valence-corrected chi connectivity index (χ1v) is 7.88. The average Bonchev–Trinajstić information content (AvgIpc) is 2.41. The molecule has 1 aromatic carbocycles. The van der Waals surface area contributed by atoms with E-state index >= 15 is 0 Å². The van der Waals surface area contributed by atoms with E-state index in [9.17, 15) is 18.0 Å². The van der Waals surface area contributed by atoms with Crippen LogP contribution in [-0.2, 0) is 10.0 Å². The number of sulfonamides is 1. The summed E-state index contributed by atoms with van der Waals surface area (Å²) < 4.78 is 22.3. The molecule has 0 radical (unpaired) electrons. The van der Waals surface area contributed by atoms with Crippen LogP contribution in [0.4, 0.5) is 5.69 Å². The Hall–Kier alpha value is -2.45. The number of rotatable bonds is 3. The Morgan fingerprint density at radius 3 is 2.27 bits per heavy atom. The number of carbonyl (C=O) groups is 1. The molecule has 2 rings (SSSR count). The highest BCUT2D eigenvalue weighted by Crippen LogP contribution is 2.17. The molecule has 0 aliphatic carbocycles. The molecule has 22 heavy (non-hydrogen) atoms. The Bertz CT molecular complexity index is 857. The third-order valence-corrected chi connectivity index (χ3v) is 4.04. The van der Waals surface area contributed by atoms with Crippen molar-refractivity contribution in [2.45, 2.75) is 18.7 Å². The van der Waals surface area contributed by atoms with Crippen LogP contribution in [0.25, 0.3) is 0 Å². The second-order valence-corrected chi connectivity index (χ2v) is 6.40. The molecule has 0 unspecified atom stereocenters. The monoisotopic (exact) mass is 321 g/mol.